The van der Waals surface area contributed by atoms with E-state index in [1.54, 1.807) is 18.5 Å². The normalized spacial score (nSPS) is 12.4. The molecule has 4 heteroatoms. The van der Waals surface area contributed by atoms with Gasteiger partial charge in [0.1, 0.15) is 5.82 Å². The Kier molecular flexibility index (Phi) is 4.66. The number of nitrogens with zero attached hydrogens (tertiary/aromatic N) is 1. The van der Waals surface area contributed by atoms with Crippen molar-refractivity contribution in [3.05, 3.63) is 63.6 Å². The maximum absolute atomic E-state index is 14.1. The van der Waals surface area contributed by atoms with Gasteiger partial charge in [-0.2, -0.15) is 0 Å². The summed E-state index contributed by atoms with van der Waals surface area (Å²) in [6.07, 6.45) is 3.54. The van der Waals surface area contributed by atoms with Gasteiger partial charge in [-0.3, -0.25) is 4.98 Å². The van der Waals surface area contributed by atoms with Crippen molar-refractivity contribution < 1.29 is 4.39 Å². The van der Waals surface area contributed by atoms with Gasteiger partial charge >= 0.3 is 0 Å². The summed E-state index contributed by atoms with van der Waals surface area (Å²) in [5.74, 6) is -0.211. The summed E-state index contributed by atoms with van der Waals surface area (Å²) >= 11 is 3.40. The van der Waals surface area contributed by atoms with E-state index in [2.05, 4.69) is 26.2 Å². The molecule has 0 spiro atoms. The first-order chi connectivity index (χ1) is 9.13. The molecule has 0 aliphatic carbocycles. The maximum atomic E-state index is 14.1. The van der Waals surface area contributed by atoms with Crippen molar-refractivity contribution >= 4 is 15.9 Å². The molecule has 0 saturated heterocycles. The maximum Gasteiger partial charge on any atom is 0.128 e. The molecular formula is C15H16BrFN2. The highest BCUT2D eigenvalue weighted by Crippen LogP contribution is 2.28. The molecule has 0 bridgehead atoms. The van der Waals surface area contributed by atoms with Gasteiger partial charge in [0.2, 0.25) is 0 Å². The average molecular weight is 323 g/mol. The Hall–Kier alpha value is -1.26. The summed E-state index contributed by atoms with van der Waals surface area (Å²) in [5.41, 5.74) is 2.73. The summed E-state index contributed by atoms with van der Waals surface area (Å²) in [7, 11) is 0. The summed E-state index contributed by atoms with van der Waals surface area (Å²) < 4.78 is 14.9. The van der Waals surface area contributed by atoms with Gasteiger partial charge in [-0.25, -0.2) is 4.39 Å². The molecule has 19 heavy (non-hydrogen) atoms. The quantitative estimate of drug-likeness (QED) is 0.920. The Labute approximate surface area is 121 Å². The SMILES string of the molecule is CCNC(c1cnccc1C)c1cc(Br)ccc1F. The lowest BCUT2D eigenvalue weighted by Crippen LogP contribution is -2.24. The van der Waals surface area contributed by atoms with Crippen LogP contribution in [0.3, 0.4) is 0 Å². The number of aryl methyl sites for hydroxylation is 1. The van der Waals surface area contributed by atoms with Crippen LogP contribution in [0.25, 0.3) is 0 Å². The zero-order valence-corrected chi connectivity index (χ0v) is 12.5. The largest absolute Gasteiger partial charge is 0.306 e. The number of pyridine rings is 1. The van der Waals surface area contributed by atoms with E-state index in [1.165, 1.54) is 6.07 Å². The molecule has 0 radical (unpaired) electrons. The zero-order chi connectivity index (χ0) is 13.8. The molecule has 100 valence electrons. The third-order valence-electron chi connectivity index (χ3n) is 3.07. The van der Waals surface area contributed by atoms with E-state index in [4.69, 9.17) is 0 Å². The van der Waals surface area contributed by atoms with Crippen molar-refractivity contribution in [1.82, 2.24) is 10.3 Å². The fourth-order valence-corrected chi connectivity index (χ4v) is 2.48. The van der Waals surface area contributed by atoms with Crippen LogP contribution in [0, 0.1) is 12.7 Å². The number of nitrogens with one attached hydrogen (secondary N) is 1. The molecule has 0 aliphatic rings. The molecule has 1 atom stereocenters. The zero-order valence-electron chi connectivity index (χ0n) is 11.0. The number of aromatic nitrogens is 1. The number of rotatable bonds is 4. The smallest absolute Gasteiger partial charge is 0.128 e. The third kappa shape index (κ3) is 3.19. The van der Waals surface area contributed by atoms with E-state index in [0.717, 1.165) is 22.1 Å². The average Bonchev–Trinajstić information content (AvgIpc) is 2.40. The molecule has 1 aromatic carbocycles. The molecule has 0 aliphatic heterocycles. The number of hydrogen-bond donors (Lipinski definition) is 1. The lowest BCUT2D eigenvalue weighted by molar-refractivity contribution is 0.556. The Balaban J connectivity index is 2.51. The minimum Gasteiger partial charge on any atom is -0.306 e. The van der Waals surface area contributed by atoms with Crippen LogP contribution in [0.4, 0.5) is 4.39 Å². The van der Waals surface area contributed by atoms with Crippen molar-refractivity contribution in [3.8, 4) is 0 Å². The van der Waals surface area contributed by atoms with Crippen LogP contribution in [-0.2, 0) is 0 Å². The first kappa shape index (κ1) is 14.2. The van der Waals surface area contributed by atoms with Crippen LogP contribution < -0.4 is 5.32 Å². The van der Waals surface area contributed by atoms with E-state index in [9.17, 15) is 4.39 Å². The van der Waals surface area contributed by atoms with Crippen LogP contribution in [-0.4, -0.2) is 11.5 Å². The fraction of sp³-hybridized carbons (Fsp3) is 0.267. The Morgan fingerprint density at radius 1 is 1.32 bits per heavy atom. The lowest BCUT2D eigenvalue weighted by atomic mass is 9.96. The van der Waals surface area contributed by atoms with Gasteiger partial charge in [0.05, 0.1) is 6.04 Å². The van der Waals surface area contributed by atoms with Gasteiger partial charge in [0, 0.05) is 22.4 Å². The van der Waals surface area contributed by atoms with Crippen molar-refractivity contribution in [2.45, 2.75) is 19.9 Å². The Morgan fingerprint density at radius 3 is 2.79 bits per heavy atom. The molecule has 2 nitrogen and oxygen atoms in total. The first-order valence-electron chi connectivity index (χ1n) is 6.22. The van der Waals surface area contributed by atoms with Crippen LogP contribution >= 0.6 is 15.9 Å². The van der Waals surface area contributed by atoms with Crippen LogP contribution in [0.2, 0.25) is 0 Å². The standard InChI is InChI=1S/C15H16BrFN2/c1-3-19-15(13-9-18-7-6-10(13)2)12-8-11(16)4-5-14(12)17/h4-9,15,19H,3H2,1-2H3. The van der Waals surface area contributed by atoms with Crippen molar-refractivity contribution in [2.75, 3.05) is 6.54 Å². The molecule has 2 rings (SSSR count). The minimum absolute atomic E-state index is 0.184. The second-order valence-corrected chi connectivity index (χ2v) is 5.30. The highest BCUT2D eigenvalue weighted by atomic mass is 79.9. The number of halogens is 2. The van der Waals surface area contributed by atoms with Crippen molar-refractivity contribution in [1.29, 1.82) is 0 Å². The topological polar surface area (TPSA) is 24.9 Å². The highest BCUT2D eigenvalue weighted by Gasteiger charge is 2.19. The molecule has 0 saturated carbocycles. The highest BCUT2D eigenvalue weighted by molar-refractivity contribution is 9.10. The molecular weight excluding hydrogens is 307 g/mol. The second kappa shape index (κ2) is 6.26. The minimum atomic E-state index is -0.211. The Morgan fingerprint density at radius 2 is 2.11 bits per heavy atom. The van der Waals surface area contributed by atoms with E-state index < -0.39 is 0 Å². The first-order valence-corrected chi connectivity index (χ1v) is 7.01. The van der Waals surface area contributed by atoms with Gasteiger partial charge in [-0.15, -0.1) is 0 Å². The van der Waals surface area contributed by atoms with Gasteiger partial charge in [-0.1, -0.05) is 22.9 Å². The summed E-state index contributed by atoms with van der Waals surface area (Å²) in [4.78, 5) is 4.15. The third-order valence-corrected chi connectivity index (χ3v) is 3.56. The molecule has 0 fully saturated rings. The molecule has 1 unspecified atom stereocenters. The van der Waals surface area contributed by atoms with E-state index >= 15 is 0 Å². The van der Waals surface area contributed by atoms with Crippen LogP contribution in [0.1, 0.15) is 29.7 Å². The molecule has 1 heterocycles. The van der Waals surface area contributed by atoms with E-state index in [1.807, 2.05) is 26.0 Å². The molecule has 1 aromatic heterocycles. The van der Waals surface area contributed by atoms with Gasteiger partial charge in [0.15, 0.2) is 0 Å². The van der Waals surface area contributed by atoms with Crippen LogP contribution in [0.5, 0.6) is 0 Å². The summed E-state index contributed by atoms with van der Waals surface area (Å²) in [5, 5.41) is 3.32. The van der Waals surface area contributed by atoms with Gasteiger partial charge in [-0.05, 0) is 48.9 Å². The molecule has 1 N–H and O–H groups in total. The Bertz CT molecular complexity index is 572. The van der Waals surface area contributed by atoms with Crippen molar-refractivity contribution in [3.63, 3.8) is 0 Å². The second-order valence-electron chi connectivity index (χ2n) is 4.39. The van der Waals surface area contributed by atoms with Crippen molar-refractivity contribution in [2.24, 2.45) is 0 Å². The number of hydrogen-bond acceptors (Lipinski definition) is 2. The van der Waals surface area contributed by atoms with Crippen LogP contribution in [0.15, 0.2) is 41.1 Å². The fourth-order valence-electron chi connectivity index (χ4n) is 2.11. The lowest BCUT2D eigenvalue weighted by Gasteiger charge is -2.21. The predicted octanol–water partition coefficient (Wildman–Crippen LogP) is 3.99. The van der Waals surface area contributed by atoms with E-state index in [-0.39, 0.29) is 11.9 Å². The van der Waals surface area contributed by atoms with E-state index in [0.29, 0.717) is 5.56 Å². The predicted molar refractivity (Wildman–Crippen MR) is 78.6 cm³/mol. The van der Waals surface area contributed by atoms with Gasteiger partial charge < -0.3 is 5.32 Å². The number of benzene rings is 1. The molecule has 0 amide bonds. The summed E-state index contributed by atoms with van der Waals surface area (Å²) in [6, 6.07) is 6.76. The monoisotopic (exact) mass is 322 g/mol. The molecule has 2 aromatic rings. The van der Waals surface area contributed by atoms with Gasteiger partial charge in [0.25, 0.3) is 0 Å². The summed E-state index contributed by atoms with van der Waals surface area (Å²) in [6.45, 7) is 4.77.